The van der Waals surface area contributed by atoms with Crippen molar-refractivity contribution in [2.75, 3.05) is 13.2 Å². The Morgan fingerprint density at radius 3 is 2.44 bits per heavy atom. The van der Waals surface area contributed by atoms with Gasteiger partial charge in [-0.3, -0.25) is 0 Å². The summed E-state index contributed by atoms with van der Waals surface area (Å²) in [7, 11) is -2.31. The molecule has 2 fully saturated rings. The quantitative estimate of drug-likeness (QED) is 0.284. The van der Waals surface area contributed by atoms with E-state index >= 15 is 0 Å². The lowest BCUT2D eigenvalue weighted by atomic mass is 9.82. The predicted octanol–water partition coefficient (Wildman–Crippen LogP) is 6.67. The van der Waals surface area contributed by atoms with Crippen LogP contribution in [0.4, 0.5) is 26.7 Å². The summed E-state index contributed by atoms with van der Waals surface area (Å²) < 4.78 is 79.7. The number of nitrogens with zero attached hydrogens (tertiary/aromatic N) is 2. The van der Waals surface area contributed by atoms with Crippen LogP contribution in [0.15, 0.2) is 22.6 Å². The highest BCUT2D eigenvalue weighted by Crippen LogP contribution is 2.42. The third kappa shape index (κ3) is 6.40. The van der Waals surface area contributed by atoms with Crippen LogP contribution in [0.2, 0.25) is 18.1 Å². The second kappa shape index (κ2) is 10.3. The first-order valence-electron chi connectivity index (χ1n) is 13.2. The van der Waals surface area contributed by atoms with Crippen LogP contribution in [0.25, 0.3) is 11.1 Å². The Labute approximate surface area is 225 Å². The molecule has 1 saturated carbocycles. The molecule has 2 aliphatic rings. The smallest absolute Gasteiger partial charge is 0.410 e. The molecule has 0 spiro atoms. The summed E-state index contributed by atoms with van der Waals surface area (Å²) in [6.45, 7) is 9.68. The first-order chi connectivity index (χ1) is 17.9. The van der Waals surface area contributed by atoms with Gasteiger partial charge in [0.15, 0.2) is 13.9 Å². The normalized spacial score (nSPS) is 22.8. The molecule has 1 saturated heterocycles. The van der Waals surface area contributed by atoms with Crippen molar-refractivity contribution < 1.29 is 35.6 Å². The van der Waals surface area contributed by atoms with Gasteiger partial charge in [-0.25, -0.2) is 18.6 Å². The summed E-state index contributed by atoms with van der Waals surface area (Å²) in [5.41, 5.74) is 7.72. The van der Waals surface area contributed by atoms with Crippen LogP contribution in [0.3, 0.4) is 0 Å². The fourth-order valence-corrected chi connectivity index (χ4v) is 5.82. The number of nitrogens with two attached hydrogens (primary N) is 1. The Bertz CT molecular complexity index is 1190. The summed E-state index contributed by atoms with van der Waals surface area (Å²) in [6, 6.07) is 0.714. The zero-order valence-electron chi connectivity index (χ0n) is 22.9. The van der Waals surface area contributed by atoms with E-state index in [9.17, 15) is 26.7 Å². The molecule has 0 bridgehead atoms. The highest BCUT2D eigenvalue weighted by Gasteiger charge is 2.49. The van der Waals surface area contributed by atoms with Gasteiger partial charge in [0.2, 0.25) is 11.8 Å². The van der Waals surface area contributed by atoms with E-state index in [0.717, 1.165) is 4.90 Å². The van der Waals surface area contributed by atoms with Crippen LogP contribution >= 0.6 is 0 Å². The van der Waals surface area contributed by atoms with E-state index in [0.29, 0.717) is 16.7 Å². The van der Waals surface area contributed by atoms with E-state index in [1.165, 1.54) is 0 Å². The number of hydrogen-bond donors (Lipinski definition) is 2. The second-order valence-electron chi connectivity index (χ2n) is 12.3. The van der Waals surface area contributed by atoms with Gasteiger partial charge >= 0.3 is 12.2 Å². The predicted molar refractivity (Wildman–Crippen MR) is 139 cm³/mol. The number of hydrogen-bond acceptors (Lipinski definition) is 5. The Morgan fingerprint density at radius 2 is 1.87 bits per heavy atom. The van der Waals surface area contributed by atoms with Crippen molar-refractivity contribution in [3.8, 4) is 0 Å². The van der Waals surface area contributed by atoms with Crippen molar-refractivity contribution in [3.05, 3.63) is 29.7 Å². The molecular weight excluding hydrogens is 539 g/mol. The molecule has 3 atom stereocenters. The van der Waals surface area contributed by atoms with Crippen LogP contribution < -0.4 is 11.1 Å². The summed E-state index contributed by atoms with van der Waals surface area (Å²) >= 11 is 0. The molecule has 2 heterocycles. The van der Waals surface area contributed by atoms with Gasteiger partial charge in [0.1, 0.15) is 11.6 Å². The third-order valence-corrected chi connectivity index (χ3v) is 13.0. The lowest BCUT2D eigenvalue weighted by molar-refractivity contribution is -0.150. The number of nitrogens with one attached hydrogen (secondary N) is 1. The molecular formula is C26H37F5N4O3Si. The maximum atomic E-state index is 13.6. The van der Waals surface area contributed by atoms with Gasteiger partial charge in [0, 0.05) is 12.8 Å². The van der Waals surface area contributed by atoms with Gasteiger partial charge in [-0.15, -0.1) is 0 Å². The van der Waals surface area contributed by atoms with Crippen LogP contribution in [-0.4, -0.2) is 55.5 Å². The van der Waals surface area contributed by atoms with Crippen molar-refractivity contribution in [1.82, 2.24) is 15.2 Å². The Balaban J connectivity index is 1.62. The molecule has 3 N–H and O–H groups in total. The molecule has 39 heavy (non-hydrogen) atoms. The Kier molecular flexibility index (Phi) is 7.85. The molecule has 1 aliphatic carbocycles. The average molecular weight is 577 g/mol. The molecule has 1 aromatic heterocycles. The van der Waals surface area contributed by atoms with Crippen molar-refractivity contribution in [1.29, 1.82) is 0 Å². The molecule has 1 aliphatic heterocycles. The van der Waals surface area contributed by atoms with Crippen LogP contribution in [0.1, 0.15) is 70.0 Å². The molecule has 1 aromatic carbocycles. The van der Waals surface area contributed by atoms with Crippen LogP contribution in [0.5, 0.6) is 0 Å². The number of amides is 2. The van der Waals surface area contributed by atoms with Gasteiger partial charge in [-0.1, -0.05) is 26.8 Å². The molecule has 4 rings (SSSR count). The molecule has 0 unspecified atom stereocenters. The molecule has 13 heteroatoms. The highest BCUT2D eigenvalue weighted by atomic mass is 28.4. The minimum atomic E-state index is -4.58. The minimum absolute atomic E-state index is 0.0144. The van der Waals surface area contributed by atoms with Crippen molar-refractivity contribution >= 4 is 25.4 Å². The summed E-state index contributed by atoms with van der Waals surface area (Å²) in [4.78, 5) is 18.4. The number of oxazole rings is 1. The van der Waals surface area contributed by atoms with Crippen molar-refractivity contribution in [3.63, 3.8) is 0 Å². The maximum Gasteiger partial charge on any atom is 0.410 e. The molecule has 7 nitrogen and oxygen atoms in total. The number of halogens is 5. The SMILES string of the molecule is CC(C)(C)[Si](C)(C)OC[C@H](c1ccc2oc([C@@H](N)C3CCC(F)(F)CC3)nc2c1)N1C[C@@H](C(F)(F)F)NC1=O. The number of urea groups is 1. The van der Waals surface area contributed by atoms with Crippen molar-refractivity contribution in [2.24, 2.45) is 11.7 Å². The lowest BCUT2D eigenvalue weighted by Gasteiger charge is -2.38. The van der Waals surface area contributed by atoms with Crippen molar-refractivity contribution in [2.45, 2.75) is 94.8 Å². The average Bonchev–Trinajstić information content (AvgIpc) is 3.41. The molecule has 2 amide bonds. The van der Waals surface area contributed by atoms with Crippen LogP contribution in [0, 0.1) is 5.92 Å². The maximum absolute atomic E-state index is 13.6. The minimum Gasteiger partial charge on any atom is -0.439 e. The molecule has 2 aromatic rings. The summed E-state index contributed by atoms with van der Waals surface area (Å²) in [6.07, 6.45) is -4.53. The Hall–Kier alpha value is -2.25. The summed E-state index contributed by atoms with van der Waals surface area (Å²) in [5, 5.41) is 1.88. The number of rotatable bonds is 7. The van der Waals surface area contributed by atoms with Gasteiger partial charge in [0.05, 0.1) is 25.2 Å². The van der Waals surface area contributed by atoms with E-state index in [1.807, 2.05) is 18.4 Å². The van der Waals surface area contributed by atoms with Gasteiger partial charge < -0.3 is 24.8 Å². The number of carbonyl (C=O) groups is 1. The first kappa shape index (κ1) is 29.7. The highest BCUT2D eigenvalue weighted by molar-refractivity contribution is 6.74. The zero-order chi connectivity index (χ0) is 29.0. The van der Waals surface area contributed by atoms with E-state index in [4.69, 9.17) is 14.6 Å². The van der Waals surface area contributed by atoms with Gasteiger partial charge in [0.25, 0.3) is 0 Å². The van der Waals surface area contributed by atoms with Crippen LogP contribution in [-0.2, 0) is 4.43 Å². The fraction of sp³-hybridized carbons (Fsp3) is 0.692. The number of benzene rings is 1. The van der Waals surface area contributed by atoms with E-state index in [2.05, 4.69) is 25.8 Å². The van der Waals surface area contributed by atoms with E-state index in [-0.39, 0.29) is 49.1 Å². The lowest BCUT2D eigenvalue weighted by Crippen LogP contribution is -2.44. The van der Waals surface area contributed by atoms with E-state index < -0.39 is 51.1 Å². The molecule has 218 valence electrons. The largest absolute Gasteiger partial charge is 0.439 e. The monoisotopic (exact) mass is 576 g/mol. The first-order valence-corrected chi connectivity index (χ1v) is 16.1. The number of aromatic nitrogens is 1. The van der Waals surface area contributed by atoms with E-state index in [1.54, 1.807) is 18.2 Å². The fourth-order valence-electron chi connectivity index (χ4n) is 4.82. The Morgan fingerprint density at radius 1 is 1.23 bits per heavy atom. The zero-order valence-corrected chi connectivity index (χ0v) is 23.9. The van der Waals surface area contributed by atoms with Gasteiger partial charge in [-0.05, 0) is 54.6 Å². The number of alkyl halides is 5. The number of carbonyl (C=O) groups excluding carboxylic acids is 1. The van der Waals surface area contributed by atoms with Gasteiger partial charge in [-0.2, -0.15) is 13.2 Å². The standard InChI is InChI=1S/C26H37F5N4O3Si/c1-24(2,3)39(4,5)37-14-18(35-13-20(26(29,30)31)34-23(35)36)16-6-7-19-17(12-16)33-22(38-19)21(32)15-8-10-25(27,28)11-9-15/h6-7,12,15,18,20-21H,8-11,13-14,32H2,1-5H3,(H,34,36)/t18-,20+,21+/m1/s1. The molecule has 0 radical (unpaired) electrons. The third-order valence-electron chi connectivity index (χ3n) is 8.49. The number of fused-ring (bicyclic) bond motifs is 1. The second-order valence-corrected chi connectivity index (χ2v) is 17.1. The topological polar surface area (TPSA) is 93.6 Å². The summed E-state index contributed by atoms with van der Waals surface area (Å²) in [5.74, 6) is -2.65.